The first-order chi connectivity index (χ1) is 13.4. The lowest BCUT2D eigenvalue weighted by molar-refractivity contribution is -0.125. The molecule has 0 aromatic heterocycles. The van der Waals surface area contributed by atoms with Crippen LogP contribution in [0.3, 0.4) is 0 Å². The molecule has 1 saturated carbocycles. The lowest BCUT2D eigenvalue weighted by Gasteiger charge is -2.42. The molecule has 1 aliphatic carbocycles. The highest BCUT2D eigenvalue weighted by Crippen LogP contribution is 2.59. The lowest BCUT2D eigenvalue weighted by atomic mass is 9.68. The number of epoxide rings is 2. The number of nitrogens with one attached hydrogen (secondary N) is 1. The smallest absolute Gasteiger partial charge is 0.408 e. The number of carbonyl (C=O) groups excluding carboxylic acids is 2. The van der Waals surface area contributed by atoms with Gasteiger partial charge in [0.05, 0.1) is 18.6 Å². The van der Waals surface area contributed by atoms with Crippen molar-refractivity contribution >= 4 is 12.0 Å². The number of hydrogen-bond acceptors (Lipinski definition) is 6. The van der Waals surface area contributed by atoms with Crippen LogP contribution in [0, 0.1) is 5.92 Å². The Balaban J connectivity index is 1.73. The Morgan fingerprint density at radius 1 is 1.34 bits per heavy atom. The van der Waals surface area contributed by atoms with Crippen molar-refractivity contribution in [3.05, 3.63) is 11.6 Å². The molecule has 2 heterocycles. The van der Waals surface area contributed by atoms with Crippen LogP contribution < -0.4 is 11.1 Å². The summed E-state index contributed by atoms with van der Waals surface area (Å²) in [7, 11) is 1.62. The molecule has 0 radical (unpaired) electrons. The quantitative estimate of drug-likeness (QED) is 0.490. The third-order valence-electron chi connectivity index (χ3n) is 6.53. The van der Waals surface area contributed by atoms with Crippen LogP contribution in [-0.4, -0.2) is 60.8 Å². The number of methoxy groups -OCH3 is 1. The first-order valence-electron chi connectivity index (χ1n) is 10.2. The number of carbonyl (C=O) groups is 2. The second kappa shape index (κ2) is 7.56. The zero-order valence-corrected chi connectivity index (χ0v) is 18.2. The Labute approximate surface area is 172 Å². The van der Waals surface area contributed by atoms with Crippen molar-refractivity contribution in [2.24, 2.45) is 11.7 Å². The number of rotatable bonds is 7. The fourth-order valence-electron chi connectivity index (χ4n) is 4.55. The molecule has 164 valence electrons. The Kier molecular flexibility index (Phi) is 5.75. The molecule has 29 heavy (non-hydrogen) atoms. The minimum Gasteiger partial charge on any atom is -0.443 e. The summed E-state index contributed by atoms with van der Waals surface area (Å²) < 4.78 is 23.6. The molecular weight excluding hydrogens is 376 g/mol. The number of alkyl carbamates (subject to hydrolysis) is 1. The van der Waals surface area contributed by atoms with E-state index in [2.05, 4.69) is 32.2 Å². The van der Waals surface area contributed by atoms with Gasteiger partial charge in [-0.25, -0.2) is 4.79 Å². The second-order valence-electron chi connectivity index (χ2n) is 9.44. The maximum absolute atomic E-state index is 12.4. The number of amides is 2. The Bertz CT molecular complexity index is 697. The number of allylic oxidation sites excluding steroid dienone is 1. The van der Waals surface area contributed by atoms with Gasteiger partial charge in [0.2, 0.25) is 5.91 Å². The van der Waals surface area contributed by atoms with Crippen molar-refractivity contribution in [2.45, 2.75) is 88.9 Å². The van der Waals surface area contributed by atoms with Gasteiger partial charge in [0.15, 0.2) is 0 Å². The van der Waals surface area contributed by atoms with E-state index in [-0.39, 0.29) is 23.7 Å². The Morgan fingerprint density at radius 3 is 2.52 bits per heavy atom. The minimum atomic E-state index is -1.20. The van der Waals surface area contributed by atoms with Crippen LogP contribution in [0.25, 0.3) is 0 Å². The van der Waals surface area contributed by atoms with Gasteiger partial charge in [-0.2, -0.15) is 0 Å². The van der Waals surface area contributed by atoms with Crippen LogP contribution in [0.5, 0.6) is 0 Å². The van der Waals surface area contributed by atoms with Gasteiger partial charge in [0.1, 0.15) is 28.9 Å². The van der Waals surface area contributed by atoms with Gasteiger partial charge in [-0.3, -0.25) is 4.79 Å². The highest BCUT2D eigenvalue weighted by molar-refractivity contribution is 5.87. The van der Waals surface area contributed by atoms with E-state index in [1.807, 2.05) is 0 Å². The van der Waals surface area contributed by atoms with Crippen LogP contribution in [-0.2, 0) is 23.7 Å². The summed E-state index contributed by atoms with van der Waals surface area (Å²) in [6.07, 6.45) is 2.97. The molecular formula is C21H34N2O6. The summed E-state index contributed by atoms with van der Waals surface area (Å²) in [5.74, 6) is -0.683. The molecule has 0 aromatic rings. The summed E-state index contributed by atoms with van der Waals surface area (Å²) in [5, 5.41) is 2.53. The molecule has 2 aliphatic heterocycles. The predicted octanol–water partition coefficient (Wildman–Crippen LogP) is 2.05. The number of ether oxygens (including phenoxy) is 4. The minimum absolute atomic E-state index is 0.0498. The molecule has 2 amide bonds. The van der Waals surface area contributed by atoms with Crippen LogP contribution in [0.15, 0.2) is 11.6 Å². The summed E-state index contributed by atoms with van der Waals surface area (Å²) in [6, 6.07) is 0. The fourth-order valence-corrected chi connectivity index (χ4v) is 4.55. The van der Waals surface area contributed by atoms with Gasteiger partial charge in [0.25, 0.3) is 0 Å². The van der Waals surface area contributed by atoms with Crippen molar-refractivity contribution in [1.82, 2.24) is 5.32 Å². The third-order valence-corrected chi connectivity index (χ3v) is 6.53. The average molecular weight is 411 g/mol. The first-order valence-corrected chi connectivity index (χ1v) is 10.2. The topological polar surface area (TPSA) is 116 Å². The van der Waals surface area contributed by atoms with Gasteiger partial charge in [-0.1, -0.05) is 11.6 Å². The largest absolute Gasteiger partial charge is 0.443 e. The average Bonchev–Trinajstić information content (AvgIpc) is 3.52. The van der Waals surface area contributed by atoms with Crippen molar-refractivity contribution in [3.63, 3.8) is 0 Å². The molecule has 3 N–H and O–H groups in total. The van der Waals surface area contributed by atoms with Crippen molar-refractivity contribution in [3.8, 4) is 0 Å². The van der Waals surface area contributed by atoms with Gasteiger partial charge in [-0.05, 0) is 53.9 Å². The van der Waals surface area contributed by atoms with Gasteiger partial charge < -0.3 is 30.0 Å². The molecule has 8 nitrogen and oxygen atoms in total. The normalized spacial score (nSPS) is 38.3. The molecule has 3 aliphatic rings. The van der Waals surface area contributed by atoms with Gasteiger partial charge >= 0.3 is 6.09 Å². The number of nitrogens with two attached hydrogens (primary N) is 1. The number of primary amides is 1. The van der Waals surface area contributed by atoms with Crippen LogP contribution in [0.2, 0.25) is 0 Å². The SMILES string of the molecule is CO[C@@H]1[C@H](OC(=O)NC(C)(C)C(N)=O)CC[C@]2(CO2)[C@H]1[C@@]1(C)O[C@@H]1CC=C(C)C. The molecule has 1 spiro atoms. The van der Waals surface area contributed by atoms with E-state index >= 15 is 0 Å². The maximum Gasteiger partial charge on any atom is 0.408 e. The van der Waals surface area contributed by atoms with E-state index in [1.54, 1.807) is 7.11 Å². The Morgan fingerprint density at radius 2 is 2.00 bits per heavy atom. The predicted molar refractivity (Wildman–Crippen MR) is 106 cm³/mol. The molecule has 0 bridgehead atoms. The van der Waals surface area contributed by atoms with Gasteiger partial charge in [-0.15, -0.1) is 0 Å². The third kappa shape index (κ3) is 4.29. The molecule has 3 fully saturated rings. The summed E-state index contributed by atoms with van der Waals surface area (Å²) >= 11 is 0. The summed E-state index contributed by atoms with van der Waals surface area (Å²) in [6.45, 7) is 9.97. The fraction of sp³-hybridized carbons (Fsp3) is 0.810. The Hall–Kier alpha value is -1.64. The zero-order chi connectivity index (χ0) is 21.6. The molecule has 6 atom stereocenters. The van der Waals surface area contributed by atoms with E-state index in [4.69, 9.17) is 24.7 Å². The van der Waals surface area contributed by atoms with E-state index in [0.29, 0.717) is 13.0 Å². The van der Waals surface area contributed by atoms with Crippen LogP contribution in [0.1, 0.15) is 53.9 Å². The van der Waals surface area contributed by atoms with Crippen molar-refractivity contribution in [1.29, 1.82) is 0 Å². The van der Waals surface area contributed by atoms with Crippen LogP contribution >= 0.6 is 0 Å². The highest BCUT2D eigenvalue weighted by Gasteiger charge is 2.72. The monoisotopic (exact) mass is 410 g/mol. The van der Waals surface area contributed by atoms with E-state index < -0.39 is 29.2 Å². The molecule has 2 saturated heterocycles. The van der Waals surface area contributed by atoms with Crippen LogP contribution in [0.4, 0.5) is 4.79 Å². The maximum atomic E-state index is 12.4. The van der Waals surface area contributed by atoms with Crippen molar-refractivity contribution in [2.75, 3.05) is 13.7 Å². The highest BCUT2D eigenvalue weighted by atomic mass is 16.6. The van der Waals surface area contributed by atoms with E-state index in [9.17, 15) is 9.59 Å². The first kappa shape index (κ1) is 22.1. The molecule has 0 aromatic carbocycles. The molecule has 3 rings (SSSR count). The molecule has 8 heteroatoms. The summed E-state index contributed by atoms with van der Waals surface area (Å²) in [4.78, 5) is 23.9. The second-order valence-corrected chi connectivity index (χ2v) is 9.44. The standard InChI is InChI=1S/C21H34N2O6/c1-12(2)7-8-14-20(5,29-14)16-15(26-6)13(9-10-21(16)11-27-21)28-18(25)23-19(3,4)17(22)24/h7,13-16H,8-11H2,1-6H3,(H2,22,24)(H,23,25)/t13-,14-,15-,16-,20+,21+/m1/s1. The summed E-state index contributed by atoms with van der Waals surface area (Å²) in [5.41, 5.74) is 4.71. The number of hydrogen-bond donors (Lipinski definition) is 2. The van der Waals surface area contributed by atoms with Crippen molar-refractivity contribution < 1.29 is 28.5 Å². The zero-order valence-electron chi connectivity index (χ0n) is 18.2. The van der Waals surface area contributed by atoms with Gasteiger partial charge in [0, 0.05) is 7.11 Å². The van der Waals surface area contributed by atoms with E-state index in [1.165, 1.54) is 19.4 Å². The molecule has 0 unspecified atom stereocenters. The van der Waals surface area contributed by atoms with E-state index in [0.717, 1.165) is 12.8 Å². The lowest BCUT2D eigenvalue weighted by Crippen LogP contribution is -2.58.